The van der Waals surface area contributed by atoms with Crippen molar-refractivity contribution in [2.45, 2.75) is 52.1 Å². The van der Waals surface area contributed by atoms with E-state index < -0.39 is 28.9 Å². The molecule has 0 amide bonds. The Labute approximate surface area is 151 Å². The minimum absolute atomic E-state index is 0.0131. The number of halogens is 4. The molecular weight excluding hydrogens is 348 g/mol. The van der Waals surface area contributed by atoms with Crippen LogP contribution in [0.3, 0.4) is 0 Å². The summed E-state index contributed by atoms with van der Waals surface area (Å²) in [7, 11) is 0. The van der Waals surface area contributed by atoms with Crippen molar-refractivity contribution < 1.29 is 27.0 Å². The van der Waals surface area contributed by atoms with Crippen LogP contribution in [0.5, 0.6) is 5.75 Å². The predicted molar refractivity (Wildman–Crippen MR) is 93.2 cm³/mol. The van der Waals surface area contributed by atoms with Gasteiger partial charge in [0.1, 0.15) is 0 Å². The molecule has 2 nitrogen and oxygen atoms in total. The van der Waals surface area contributed by atoms with Crippen molar-refractivity contribution >= 4 is 5.83 Å². The molecule has 1 heterocycles. The first kappa shape index (κ1) is 20.5. The van der Waals surface area contributed by atoms with E-state index in [-0.39, 0.29) is 30.6 Å². The molecule has 0 bridgehead atoms. The molecule has 0 spiro atoms. The van der Waals surface area contributed by atoms with Gasteiger partial charge < -0.3 is 9.47 Å². The van der Waals surface area contributed by atoms with Gasteiger partial charge in [-0.15, -0.1) is 0 Å². The number of unbranched alkanes of at least 4 members (excludes halogenated alkanes) is 2. The molecule has 0 saturated heterocycles. The first-order chi connectivity index (χ1) is 12.5. The number of benzene rings is 1. The predicted octanol–water partition coefficient (Wildman–Crippen LogP) is 6.27. The van der Waals surface area contributed by atoms with Gasteiger partial charge in [-0.3, -0.25) is 0 Å². The Kier molecular flexibility index (Phi) is 7.69. The average molecular weight is 372 g/mol. The molecule has 144 valence electrons. The van der Waals surface area contributed by atoms with Crippen LogP contribution in [0, 0.1) is 11.6 Å². The fourth-order valence-electron chi connectivity index (χ4n) is 2.81. The summed E-state index contributed by atoms with van der Waals surface area (Å²) in [5.41, 5.74) is -0.752. The zero-order valence-corrected chi connectivity index (χ0v) is 15.1. The summed E-state index contributed by atoms with van der Waals surface area (Å²) in [4.78, 5) is 0. The molecule has 0 fully saturated rings. The van der Waals surface area contributed by atoms with E-state index in [4.69, 9.17) is 9.47 Å². The Hall–Kier alpha value is -1.82. The van der Waals surface area contributed by atoms with Crippen LogP contribution in [0.4, 0.5) is 17.6 Å². The molecule has 1 aliphatic heterocycles. The van der Waals surface area contributed by atoms with E-state index in [0.717, 1.165) is 37.8 Å². The molecule has 1 aliphatic rings. The summed E-state index contributed by atoms with van der Waals surface area (Å²) in [6, 6.07) is 2.05. The van der Waals surface area contributed by atoms with E-state index in [1.807, 2.05) is 0 Å². The van der Waals surface area contributed by atoms with Gasteiger partial charge in [-0.25, -0.2) is 13.2 Å². The van der Waals surface area contributed by atoms with E-state index in [0.29, 0.717) is 6.42 Å². The Balaban J connectivity index is 2.16. The molecular formula is C20H24F4O2. The Morgan fingerprint density at radius 1 is 1.12 bits per heavy atom. The first-order valence-electron chi connectivity index (χ1n) is 8.96. The summed E-state index contributed by atoms with van der Waals surface area (Å²) in [5.74, 6) is -5.81. The highest BCUT2D eigenvalue weighted by Gasteiger charge is 2.24. The van der Waals surface area contributed by atoms with E-state index >= 15 is 0 Å². The molecule has 0 N–H and O–H groups in total. The highest BCUT2D eigenvalue weighted by molar-refractivity contribution is 5.66. The van der Waals surface area contributed by atoms with Crippen LogP contribution in [0.1, 0.15) is 51.5 Å². The van der Waals surface area contributed by atoms with Crippen molar-refractivity contribution in [2.24, 2.45) is 0 Å². The monoisotopic (exact) mass is 372 g/mol. The quantitative estimate of drug-likeness (QED) is 0.396. The first-order valence-corrected chi connectivity index (χ1v) is 8.96. The van der Waals surface area contributed by atoms with Gasteiger partial charge in [-0.05, 0) is 31.9 Å². The van der Waals surface area contributed by atoms with Gasteiger partial charge in [0.05, 0.1) is 24.9 Å². The summed E-state index contributed by atoms with van der Waals surface area (Å²) in [6.07, 6.45) is 6.11. The van der Waals surface area contributed by atoms with Gasteiger partial charge >= 0.3 is 0 Å². The molecule has 6 heteroatoms. The summed E-state index contributed by atoms with van der Waals surface area (Å²) >= 11 is 0. The molecule has 0 radical (unpaired) electrons. The van der Waals surface area contributed by atoms with Crippen molar-refractivity contribution in [3.05, 3.63) is 46.8 Å². The molecule has 1 atom stereocenters. The van der Waals surface area contributed by atoms with Crippen LogP contribution in [-0.4, -0.2) is 19.3 Å². The number of hydrogen-bond donors (Lipinski definition) is 0. The zero-order valence-electron chi connectivity index (χ0n) is 15.1. The highest BCUT2D eigenvalue weighted by Crippen LogP contribution is 2.33. The highest BCUT2D eigenvalue weighted by atomic mass is 19.2. The van der Waals surface area contributed by atoms with Gasteiger partial charge in [-0.2, -0.15) is 4.39 Å². The normalized spacial score (nSPS) is 18.4. The van der Waals surface area contributed by atoms with Crippen LogP contribution in [-0.2, 0) is 4.74 Å². The smallest absolute Gasteiger partial charge is 0.201 e. The van der Waals surface area contributed by atoms with Gasteiger partial charge in [0.25, 0.3) is 0 Å². The SMILES string of the molecule is CCCCCC1CC=C(/C(F)=C(\F)c2ccc(OCC)c(F)c2F)CO1. The maximum absolute atomic E-state index is 14.4. The average Bonchev–Trinajstić information content (AvgIpc) is 2.65. The summed E-state index contributed by atoms with van der Waals surface area (Å²) in [5, 5.41) is 0. The second kappa shape index (κ2) is 9.76. The molecule has 26 heavy (non-hydrogen) atoms. The fraction of sp³-hybridized carbons (Fsp3) is 0.500. The van der Waals surface area contributed by atoms with Crippen molar-refractivity contribution in [3.8, 4) is 5.75 Å². The lowest BCUT2D eigenvalue weighted by molar-refractivity contribution is 0.0539. The van der Waals surface area contributed by atoms with E-state index in [9.17, 15) is 17.6 Å². The number of hydrogen-bond acceptors (Lipinski definition) is 2. The molecule has 1 unspecified atom stereocenters. The lowest BCUT2D eigenvalue weighted by Crippen LogP contribution is -2.19. The van der Waals surface area contributed by atoms with Gasteiger partial charge in [-0.1, -0.05) is 32.3 Å². The second-order valence-corrected chi connectivity index (χ2v) is 6.19. The number of ether oxygens (including phenoxy) is 2. The molecule has 0 aromatic heterocycles. The Morgan fingerprint density at radius 2 is 1.88 bits per heavy atom. The molecule has 0 saturated carbocycles. The van der Waals surface area contributed by atoms with Crippen LogP contribution in [0.15, 0.2) is 29.6 Å². The third kappa shape index (κ3) is 4.87. The van der Waals surface area contributed by atoms with E-state index in [1.165, 1.54) is 0 Å². The van der Waals surface area contributed by atoms with Crippen LogP contribution < -0.4 is 4.74 Å². The van der Waals surface area contributed by atoms with Crippen LogP contribution in [0.25, 0.3) is 5.83 Å². The van der Waals surface area contributed by atoms with Crippen LogP contribution in [0.2, 0.25) is 0 Å². The minimum atomic E-state index is -1.47. The maximum atomic E-state index is 14.4. The van der Waals surface area contributed by atoms with E-state index in [2.05, 4.69) is 6.92 Å². The zero-order chi connectivity index (χ0) is 19.1. The standard InChI is InChI=1S/C20H24F4O2/c1-3-5-6-7-14-9-8-13(12-26-14)17(21)18(22)15-10-11-16(25-4-2)20(24)19(15)23/h8,10-11,14H,3-7,9,12H2,1-2H3/b18-17+. The lowest BCUT2D eigenvalue weighted by atomic mass is 10.0. The summed E-state index contributed by atoms with van der Waals surface area (Å²) in [6.45, 7) is 3.76. The lowest BCUT2D eigenvalue weighted by Gasteiger charge is -2.22. The largest absolute Gasteiger partial charge is 0.491 e. The molecule has 1 aromatic carbocycles. The maximum Gasteiger partial charge on any atom is 0.201 e. The number of rotatable bonds is 8. The van der Waals surface area contributed by atoms with E-state index in [1.54, 1.807) is 13.0 Å². The third-order valence-corrected chi connectivity index (χ3v) is 4.29. The second-order valence-electron chi connectivity index (χ2n) is 6.19. The van der Waals surface area contributed by atoms with Gasteiger partial charge in [0, 0.05) is 5.57 Å². The minimum Gasteiger partial charge on any atom is -0.491 e. The third-order valence-electron chi connectivity index (χ3n) is 4.29. The van der Waals surface area contributed by atoms with Crippen molar-refractivity contribution in [1.82, 2.24) is 0 Å². The molecule has 2 rings (SSSR count). The Morgan fingerprint density at radius 3 is 2.50 bits per heavy atom. The van der Waals surface area contributed by atoms with Gasteiger partial charge in [0.15, 0.2) is 23.2 Å². The van der Waals surface area contributed by atoms with Crippen molar-refractivity contribution in [2.75, 3.05) is 13.2 Å². The molecule has 1 aromatic rings. The van der Waals surface area contributed by atoms with Gasteiger partial charge in [0.2, 0.25) is 5.82 Å². The molecule has 0 aliphatic carbocycles. The summed E-state index contributed by atoms with van der Waals surface area (Å²) < 4.78 is 67.1. The van der Waals surface area contributed by atoms with Crippen molar-refractivity contribution in [3.63, 3.8) is 0 Å². The topological polar surface area (TPSA) is 18.5 Å². The van der Waals surface area contributed by atoms with Crippen LogP contribution >= 0.6 is 0 Å². The fourth-order valence-corrected chi connectivity index (χ4v) is 2.81. The Bertz CT molecular complexity index is 683. The van der Waals surface area contributed by atoms with Crippen molar-refractivity contribution in [1.29, 1.82) is 0 Å².